The van der Waals surface area contributed by atoms with Crippen LogP contribution in [0.25, 0.3) is 0 Å². The first kappa shape index (κ1) is 17.6. The third-order valence-corrected chi connectivity index (χ3v) is 4.27. The Morgan fingerprint density at radius 1 is 1.48 bits per heavy atom. The normalized spacial score (nSPS) is 17.0. The van der Waals surface area contributed by atoms with Crippen LogP contribution in [0.3, 0.4) is 0 Å². The van der Waals surface area contributed by atoms with Crippen molar-refractivity contribution in [2.75, 3.05) is 17.7 Å². The van der Waals surface area contributed by atoms with Crippen molar-refractivity contribution in [3.63, 3.8) is 0 Å². The van der Waals surface area contributed by atoms with Crippen LogP contribution in [-0.2, 0) is 9.53 Å². The quantitative estimate of drug-likeness (QED) is 0.729. The molecule has 2 aromatic rings. The van der Waals surface area contributed by atoms with E-state index in [9.17, 15) is 13.6 Å². The van der Waals surface area contributed by atoms with Crippen LogP contribution in [0, 0.1) is 0 Å². The highest BCUT2D eigenvalue weighted by Gasteiger charge is 2.21. The molecule has 1 fully saturated rings. The minimum Gasteiger partial charge on any atom is -0.433 e. The first-order valence-electron chi connectivity index (χ1n) is 7.62. The van der Waals surface area contributed by atoms with Gasteiger partial charge in [-0.3, -0.25) is 9.89 Å². The first-order valence-corrected chi connectivity index (χ1v) is 8.61. The molecule has 1 aromatic carbocycles. The van der Waals surface area contributed by atoms with E-state index in [0.29, 0.717) is 17.6 Å². The van der Waals surface area contributed by atoms with Crippen molar-refractivity contribution < 1.29 is 23.0 Å². The Hall–Kier alpha value is -2.20. The van der Waals surface area contributed by atoms with Crippen molar-refractivity contribution in [3.8, 4) is 5.75 Å². The summed E-state index contributed by atoms with van der Waals surface area (Å²) >= 11 is 1.14. The molecule has 0 radical (unpaired) electrons. The maximum absolute atomic E-state index is 12.4. The average molecular weight is 370 g/mol. The number of amides is 1. The molecule has 0 aliphatic carbocycles. The van der Waals surface area contributed by atoms with E-state index in [4.69, 9.17) is 4.74 Å². The third-order valence-electron chi connectivity index (χ3n) is 3.43. The second-order valence-electron chi connectivity index (χ2n) is 5.22. The molecule has 1 aromatic heterocycles. The van der Waals surface area contributed by atoms with Crippen LogP contribution in [0.4, 0.5) is 14.5 Å². The van der Waals surface area contributed by atoms with E-state index in [2.05, 4.69) is 25.2 Å². The Morgan fingerprint density at radius 3 is 3.08 bits per heavy atom. The second-order valence-corrected chi connectivity index (χ2v) is 6.16. The number of carbonyl (C=O) groups is 1. The summed E-state index contributed by atoms with van der Waals surface area (Å²) in [7, 11) is 0. The summed E-state index contributed by atoms with van der Waals surface area (Å²) in [5.74, 6) is 0.218. The predicted octanol–water partition coefficient (Wildman–Crippen LogP) is 2.99. The highest BCUT2D eigenvalue weighted by Crippen LogP contribution is 2.28. The van der Waals surface area contributed by atoms with Gasteiger partial charge in [0.2, 0.25) is 11.1 Å². The van der Waals surface area contributed by atoms with Gasteiger partial charge in [0, 0.05) is 6.61 Å². The number of thioether (sulfide) groups is 1. The summed E-state index contributed by atoms with van der Waals surface area (Å²) in [4.78, 5) is 16.3. The van der Waals surface area contributed by atoms with Gasteiger partial charge in [-0.05, 0) is 25.0 Å². The number of nitrogens with one attached hydrogen (secondary N) is 2. The van der Waals surface area contributed by atoms with Crippen LogP contribution >= 0.6 is 11.8 Å². The van der Waals surface area contributed by atoms with Gasteiger partial charge in [-0.2, -0.15) is 8.78 Å². The van der Waals surface area contributed by atoms with Gasteiger partial charge in [-0.15, -0.1) is 5.10 Å². The lowest BCUT2D eigenvalue weighted by Gasteiger charge is -2.11. The van der Waals surface area contributed by atoms with E-state index in [1.807, 2.05) is 0 Å². The van der Waals surface area contributed by atoms with E-state index in [1.165, 1.54) is 12.1 Å². The van der Waals surface area contributed by atoms with Gasteiger partial charge in [0.25, 0.3) is 0 Å². The molecule has 1 saturated heterocycles. The second kappa shape index (κ2) is 8.26. The molecule has 0 bridgehead atoms. The smallest absolute Gasteiger partial charge is 0.387 e. The van der Waals surface area contributed by atoms with Gasteiger partial charge < -0.3 is 14.8 Å². The number of ether oxygens (including phenoxy) is 2. The van der Waals surface area contributed by atoms with Gasteiger partial charge in [-0.25, -0.2) is 4.98 Å². The largest absolute Gasteiger partial charge is 0.433 e. The molecule has 3 rings (SSSR count). The molecule has 1 aliphatic rings. The molecular formula is C15H16F2N4O3S. The summed E-state index contributed by atoms with van der Waals surface area (Å²) in [5, 5.41) is 9.82. The molecule has 2 N–H and O–H groups in total. The SMILES string of the molecule is O=C(CSc1n[nH]c(C2CCCO2)n1)Nc1ccccc1OC(F)F. The number of halogens is 2. The number of aromatic amines is 1. The zero-order valence-electron chi connectivity index (χ0n) is 13.1. The number of anilines is 1. The molecule has 25 heavy (non-hydrogen) atoms. The van der Waals surface area contributed by atoms with Crippen molar-refractivity contribution in [2.24, 2.45) is 0 Å². The molecule has 1 atom stereocenters. The number of alkyl halides is 2. The number of hydrogen-bond donors (Lipinski definition) is 2. The molecule has 134 valence electrons. The van der Waals surface area contributed by atoms with E-state index in [0.717, 1.165) is 24.6 Å². The molecule has 1 unspecified atom stereocenters. The van der Waals surface area contributed by atoms with E-state index in [1.54, 1.807) is 12.1 Å². The maximum atomic E-state index is 12.4. The van der Waals surface area contributed by atoms with E-state index < -0.39 is 6.61 Å². The molecule has 1 aliphatic heterocycles. The minimum atomic E-state index is -2.96. The fourth-order valence-electron chi connectivity index (χ4n) is 2.35. The van der Waals surface area contributed by atoms with Crippen molar-refractivity contribution in [1.82, 2.24) is 15.2 Å². The number of H-pyrrole nitrogens is 1. The van der Waals surface area contributed by atoms with Crippen LogP contribution in [0.5, 0.6) is 5.75 Å². The number of para-hydroxylation sites is 2. The minimum absolute atomic E-state index is 0.0336. The maximum Gasteiger partial charge on any atom is 0.387 e. The van der Waals surface area contributed by atoms with E-state index >= 15 is 0 Å². The van der Waals surface area contributed by atoms with Crippen LogP contribution in [0.1, 0.15) is 24.8 Å². The predicted molar refractivity (Wildman–Crippen MR) is 86.7 cm³/mol. The lowest BCUT2D eigenvalue weighted by atomic mass is 10.2. The molecule has 10 heteroatoms. The lowest BCUT2D eigenvalue weighted by Crippen LogP contribution is -2.15. The van der Waals surface area contributed by atoms with Crippen LogP contribution in [-0.4, -0.2) is 40.1 Å². The van der Waals surface area contributed by atoms with Gasteiger partial charge in [0.15, 0.2) is 5.82 Å². The summed E-state index contributed by atoms with van der Waals surface area (Å²) in [6.45, 7) is -2.26. The zero-order valence-corrected chi connectivity index (χ0v) is 13.9. The first-order chi connectivity index (χ1) is 12.1. The highest BCUT2D eigenvalue weighted by atomic mass is 32.2. The fourth-order valence-corrected chi connectivity index (χ4v) is 2.95. The van der Waals surface area contributed by atoms with Crippen LogP contribution in [0.15, 0.2) is 29.4 Å². The summed E-state index contributed by atoms with van der Waals surface area (Å²) in [5.41, 5.74) is 0.184. The van der Waals surface area contributed by atoms with Gasteiger partial charge in [-0.1, -0.05) is 23.9 Å². The molecular weight excluding hydrogens is 354 g/mol. The Bertz CT molecular complexity index is 722. The molecule has 1 amide bonds. The van der Waals surface area contributed by atoms with Gasteiger partial charge in [0.05, 0.1) is 11.4 Å². The summed E-state index contributed by atoms with van der Waals surface area (Å²) in [6, 6.07) is 6.01. The van der Waals surface area contributed by atoms with Crippen molar-refractivity contribution in [3.05, 3.63) is 30.1 Å². The molecule has 0 saturated carbocycles. The number of nitrogens with zero attached hydrogens (tertiary/aromatic N) is 2. The summed E-state index contributed by atoms with van der Waals surface area (Å²) in [6.07, 6.45) is 1.80. The average Bonchev–Trinajstić information content (AvgIpc) is 3.25. The number of benzene rings is 1. The molecule has 2 heterocycles. The van der Waals surface area contributed by atoms with Crippen molar-refractivity contribution >= 4 is 23.4 Å². The zero-order chi connectivity index (χ0) is 17.6. The number of rotatable bonds is 7. The van der Waals surface area contributed by atoms with Crippen LogP contribution < -0.4 is 10.1 Å². The summed E-state index contributed by atoms with van der Waals surface area (Å²) < 4.78 is 34.6. The van der Waals surface area contributed by atoms with Crippen molar-refractivity contribution in [2.45, 2.75) is 30.7 Å². The Kier molecular flexibility index (Phi) is 5.82. The number of aromatic nitrogens is 3. The number of hydrogen-bond acceptors (Lipinski definition) is 6. The lowest BCUT2D eigenvalue weighted by molar-refractivity contribution is -0.113. The standard InChI is InChI=1S/C15H16F2N4O3S/c16-14(17)24-10-5-2-1-4-9(10)18-12(22)8-25-15-19-13(20-21-15)11-6-3-7-23-11/h1-2,4-5,11,14H,3,6-8H2,(H,18,22)(H,19,20,21). The highest BCUT2D eigenvalue weighted by molar-refractivity contribution is 7.99. The molecule has 7 nitrogen and oxygen atoms in total. The van der Waals surface area contributed by atoms with E-state index in [-0.39, 0.29) is 29.2 Å². The Morgan fingerprint density at radius 2 is 2.32 bits per heavy atom. The monoisotopic (exact) mass is 370 g/mol. The third kappa shape index (κ3) is 4.89. The number of carbonyl (C=O) groups excluding carboxylic acids is 1. The molecule has 0 spiro atoms. The topological polar surface area (TPSA) is 89.1 Å². The van der Waals surface area contributed by atoms with Gasteiger partial charge >= 0.3 is 6.61 Å². The van der Waals surface area contributed by atoms with Gasteiger partial charge in [0.1, 0.15) is 11.9 Å². The Balaban J connectivity index is 1.53. The van der Waals surface area contributed by atoms with Crippen molar-refractivity contribution in [1.29, 1.82) is 0 Å². The Labute approximate surface area is 146 Å². The fraction of sp³-hybridized carbons (Fsp3) is 0.400. The van der Waals surface area contributed by atoms with Crippen LogP contribution in [0.2, 0.25) is 0 Å².